The molecule has 0 unspecified atom stereocenters. The van der Waals surface area contributed by atoms with Crippen LogP contribution >= 0.6 is 0 Å². The van der Waals surface area contributed by atoms with E-state index in [1.807, 2.05) is 6.07 Å². The van der Waals surface area contributed by atoms with Crippen LogP contribution in [-0.4, -0.2) is 24.5 Å². The van der Waals surface area contributed by atoms with Gasteiger partial charge in [0.05, 0.1) is 24.7 Å². The molecule has 0 aliphatic heterocycles. The van der Waals surface area contributed by atoms with Crippen LogP contribution in [0.2, 0.25) is 0 Å². The fourth-order valence-corrected chi connectivity index (χ4v) is 2.51. The maximum atomic E-state index is 12.5. The maximum absolute atomic E-state index is 12.5. The van der Waals surface area contributed by atoms with Crippen LogP contribution in [-0.2, 0) is 0 Å². The van der Waals surface area contributed by atoms with Crippen LogP contribution < -0.4 is 14.8 Å². The number of ether oxygens (including phenoxy) is 2. The molecular formula is C20H24N2O5. The number of hydrogen-bond acceptors (Lipinski definition) is 5. The molecule has 0 saturated carbocycles. The SMILES string of the molecule is COc1cc([C@H](C)NC(=O)c2ccccc2[N+](=O)[O-])ccc1OCC(C)C. The zero-order chi connectivity index (χ0) is 20.0. The number of carbonyl (C=O) groups excluding carboxylic acids is 1. The molecule has 2 aromatic carbocycles. The Morgan fingerprint density at radius 3 is 2.48 bits per heavy atom. The second-order valence-corrected chi connectivity index (χ2v) is 6.58. The average Bonchev–Trinajstić information content (AvgIpc) is 2.65. The molecule has 0 aliphatic carbocycles. The Balaban J connectivity index is 2.17. The molecule has 1 amide bonds. The number of hydrogen-bond donors (Lipinski definition) is 1. The van der Waals surface area contributed by atoms with Crippen molar-refractivity contribution < 1.29 is 19.2 Å². The first-order valence-electron chi connectivity index (χ1n) is 8.68. The number of amides is 1. The molecule has 0 aromatic heterocycles. The van der Waals surface area contributed by atoms with Crippen molar-refractivity contribution in [1.82, 2.24) is 5.32 Å². The molecule has 0 radical (unpaired) electrons. The van der Waals surface area contributed by atoms with Crippen LogP contribution in [0.1, 0.15) is 42.7 Å². The van der Waals surface area contributed by atoms with Crippen LogP contribution in [0.3, 0.4) is 0 Å². The maximum Gasteiger partial charge on any atom is 0.282 e. The molecule has 1 N–H and O–H groups in total. The van der Waals surface area contributed by atoms with Gasteiger partial charge in [-0.15, -0.1) is 0 Å². The highest BCUT2D eigenvalue weighted by atomic mass is 16.6. The summed E-state index contributed by atoms with van der Waals surface area (Å²) in [6.45, 7) is 6.48. The zero-order valence-corrected chi connectivity index (χ0v) is 15.9. The van der Waals surface area contributed by atoms with Gasteiger partial charge in [0, 0.05) is 6.07 Å². The van der Waals surface area contributed by atoms with Crippen molar-refractivity contribution in [2.45, 2.75) is 26.8 Å². The molecule has 1 atom stereocenters. The standard InChI is InChI=1S/C20H24N2O5/c1-13(2)12-27-18-10-9-15(11-19(18)26-4)14(3)21-20(23)16-7-5-6-8-17(16)22(24)25/h5-11,13-14H,12H2,1-4H3,(H,21,23)/t14-/m0/s1. The monoisotopic (exact) mass is 372 g/mol. The Kier molecular flexibility index (Phi) is 6.76. The lowest BCUT2D eigenvalue weighted by Gasteiger charge is -2.18. The van der Waals surface area contributed by atoms with Gasteiger partial charge in [-0.25, -0.2) is 0 Å². The molecule has 2 aromatic rings. The molecule has 144 valence electrons. The van der Waals surface area contributed by atoms with E-state index in [9.17, 15) is 14.9 Å². The first-order valence-corrected chi connectivity index (χ1v) is 8.68. The number of benzene rings is 2. The molecule has 7 heteroatoms. The van der Waals surface area contributed by atoms with E-state index in [0.717, 1.165) is 5.56 Å². The first kappa shape index (κ1) is 20.2. The molecule has 0 heterocycles. The van der Waals surface area contributed by atoms with E-state index in [2.05, 4.69) is 19.2 Å². The number of methoxy groups -OCH3 is 1. The van der Waals surface area contributed by atoms with E-state index in [0.29, 0.717) is 24.0 Å². The highest BCUT2D eigenvalue weighted by Gasteiger charge is 2.21. The van der Waals surface area contributed by atoms with Crippen molar-refractivity contribution in [3.8, 4) is 11.5 Å². The van der Waals surface area contributed by atoms with Gasteiger partial charge < -0.3 is 14.8 Å². The zero-order valence-electron chi connectivity index (χ0n) is 15.9. The molecule has 7 nitrogen and oxygen atoms in total. The minimum Gasteiger partial charge on any atom is -0.493 e. The van der Waals surface area contributed by atoms with Crippen LogP contribution in [0.4, 0.5) is 5.69 Å². The number of rotatable bonds is 8. The van der Waals surface area contributed by atoms with Crippen molar-refractivity contribution in [3.05, 3.63) is 63.7 Å². The molecule has 0 saturated heterocycles. The van der Waals surface area contributed by atoms with Crippen molar-refractivity contribution in [2.75, 3.05) is 13.7 Å². The van der Waals surface area contributed by atoms with E-state index >= 15 is 0 Å². The summed E-state index contributed by atoms with van der Waals surface area (Å²) in [6, 6.07) is 10.9. The topological polar surface area (TPSA) is 90.7 Å². The summed E-state index contributed by atoms with van der Waals surface area (Å²) in [4.78, 5) is 23.0. The van der Waals surface area contributed by atoms with Crippen molar-refractivity contribution in [3.63, 3.8) is 0 Å². The summed E-state index contributed by atoms with van der Waals surface area (Å²) < 4.78 is 11.1. The molecule has 0 fully saturated rings. The van der Waals surface area contributed by atoms with Gasteiger partial charge in [0.2, 0.25) is 0 Å². The lowest BCUT2D eigenvalue weighted by Crippen LogP contribution is -2.27. The largest absolute Gasteiger partial charge is 0.493 e. The lowest BCUT2D eigenvalue weighted by molar-refractivity contribution is -0.385. The number of para-hydroxylation sites is 1. The molecule has 27 heavy (non-hydrogen) atoms. The molecule has 2 rings (SSSR count). The third-order valence-electron chi connectivity index (χ3n) is 3.95. The first-order chi connectivity index (χ1) is 12.8. The summed E-state index contributed by atoms with van der Waals surface area (Å²) >= 11 is 0. The fraction of sp³-hybridized carbons (Fsp3) is 0.350. The van der Waals surface area contributed by atoms with E-state index in [1.54, 1.807) is 32.2 Å². The third kappa shape index (κ3) is 5.20. The minimum absolute atomic E-state index is 0.0261. The van der Waals surface area contributed by atoms with Crippen LogP contribution in [0.15, 0.2) is 42.5 Å². The van der Waals surface area contributed by atoms with Gasteiger partial charge in [-0.1, -0.05) is 32.0 Å². The van der Waals surface area contributed by atoms with Crippen molar-refractivity contribution >= 4 is 11.6 Å². The highest BCUT2D eigenvalue weighted by Crippen LogP contribution is 2.31. The lowest BCUT2D eigenvalue weighted by atomic mass is 10.1. The summed E-state index contributed by atoms with van der Waals surface area (Å²) in [5.74, 6) is 1.08. The summed E-state index contributed by atoms with van der Waals surface area (Å²) in [7, 11) is 1.55. The van der Waals surface area contributed by atoms with E-state index in [-0.39, 0.29) is 17.3 Å². The van der Waals surface area contributed by atoms with Gasteiger partial charge in [-0.2, -0.15) is 0 Å². The Morgan fingerprint density at radius 2 is 1.85 bits per heavy atom. The third-order valence-corrected chi connectivity index (χ3v) is 3.95. The van der Waals surface area contributed by atoms with E-state index in [4.69, 9.17) is 9.47 Å². The normalized spacial score (nSPS) is 11.7. The number of nitrogens with zero attached hydrogens (tertiary/aromatic N) is 1. The van der Waals surface area contributed by atoms with Gasteiger partial charge >= 0.3 is 0 Å². The molecule has 0 bridgehead atoms. The Hall–Kier alpha value is -3.09. The van der Waals surface area contributed by atoms with Crippen molar-refractivity contribution in [1.29, 1.82) is 0 Å². The van der Waals surface area contributed by atoms with Crippen LogP contribution in [0.5, 0.6) is 11.5 Å². The van der Waals surface area contributed by atoms with Crippen LogP contribution in [0, 0.1) is 16.0 Å². The second kappa shape index (κ2) is 9.02. The van der Waals surface area contributed by atoms with Crippen LogP contribution in [0.25, 0.3) is 0 Å². The Labute approximate surface area is 158 Å². The Morgan fingerprint density at radius 1 is 1.15 bits per heavy atom. The molecular weight excluding hydrogens is 348 g/mol. The highest BCUT2D eigenvalue weighted by molar-refractivity contribution is 5.98. The quantitative estimate of drug-likeness (QED) is 0.556. The van der Waals surface area contributed by atoms with Gasteiger partial charge in [-0.3, -0.25) is 14.9 Å². The second-order valence-electron chi connectivity index (χ2n) is 6.58. The summed E-state index contributed by atoms with van der Waals surface area (Å²) in [5, 5.41) is 13.9. The summed E-state index contributed by atoms with van der Waals surface area (Å²) in [5.41, 5.74) is 0.603. The van der Waals surface area contributed by atoms with Gasteiger partial charge in [0.15, 0.2) is 11.5 Å². The van der Waals surface area contributed by atoms with Gasteiger partial charge in [-0.05, 0) is 36.6 Å². The van der Waals surface area contributed by atoms with E-state index in [1.165, 1.54) is 18.2 Å². The van der Waals surface area contributed by atoms with Gasteiger partial charge in [0.1, 0.15) is 5.56 Å². The van der Waals surface area contributed by atoms with Crippen molar-refractivity contribution in [2.24, 2.45) is 5.92 Å². The fourth-order valence-electron chi connectivity index (χ4n) is 2.51. The minimum atomic E-state index is -0.566. The van der Waals surface area contributed by atoms with Gasteiger partial charge in [0.25, 0.3) is 11.6 Å². The molecule has 0 spiro atoms. The average molecular weight is 372 g/mol. The Bertz CT molecular complexity index is 820. The number of nitrogens with one attached hydrogen (secondary N) is 1. The number of nitro groups is 1. The smallest absolute Gasteiger partial charge is 0.282 e. The van der Waals surface area contributed by atoms with E-state index < -0.39 is 10.8 Å². The summed E-state index contributed by atoms with van der Waals surface area (Å²) in [6.07, 6.45) is 0. The number of carbonyl (C=O) groups is 1. The molecule has 0 aliphatic rings. The number of nitro benzene ring substituents is 1. The predicted molar refractivity (Wildman–Crippen MR) is 102 cm³/mol. The predicted octanol–water partition coefficient (Wildman–Crippen LogP) is 4.13.